The van der Waals surface area contributed by atoms with Crippen LogP contribution in [0.15, 0.2) is 41.6 Å². The minimum atomic E-state index is -3.32. The second kappa shape index (κ2) is 3.82. The van der Waals surface area contributed by atoms with Crippen LogP contribution in [0.5, 0.6) is 0 Å². The number of H-pyrrole nitrogens is 1. The molecule has 1 aromatic heterocycles. The molecule has 0 aliphatic carbocycles. The molecule has 2 aromatic rings. The molecule has 78 valence electrons. The Hall–Kier alpha value is -1.69. The van der Waals surface area contributed by atoms with E-state index in [1.807, 2.05) is 0 Å². The first-order valence-electron chi connectivity index (χ1n) is 4.30. The molecule has 0 atom stereocenters. The van der Waals surface area contributed by atoms with Gasteiger partial charge in [0.25, 0.3) is 0 Å². The predicted molar refractivity (Wildman–Crippen MR) is 53.7 cm³/mol. The fraction of sp³-hybridized carbons (Fsp3) is 0.111. The molecule has 0 bridgehead atoms. The molecule has 15 heavy (non-hydrogen) atoms. The fourth-order valence-corrected chi connectivity index (χ4v) is 2.43. The molecule has 1 aromatic carbocycles. The van der Waals surface area contributed by atoms with Gasteiger partial charge in [-0.05, 0) is 12.1 Å². The highest BCUT2D eigenvalue weighted by Gasteiger charge is 2.16. The maximum atomic E-state index is 11.8. The molecule has 0 fully saturated rings. The Morgan fingerprint density at radius 2 is 1.93 bits per heavy atom. The molecule has 0 radical (unpaired) electrons. The van der Waals surface area contributed by atoms with Gasteiger partial charge in [-0.25, -0.2) is 13.4 Å². The van der Waals surface area contributed by atoms with Gasteiger partial charge in [0, 0.05) is 0 Å². The summed E-state index contributed by atoms with van der Waals surface area (Å²) in [5, 5.41) is 6.12. The Kier molecular flexibility index (Phi) is 2.51. The lowest BCUT2D eigenvalue weighted by Crippen LogP contribution is -2.06. The minimum Gasteiger partial charge on any atom is -0.262 e. The van der Waals surface area contributed by atoms with Gasteiger partial charge in [0.05, 0.1) is 4.90 Å². The summed E-state index contributed by atoms with van der Waals surface area (Å²) >= 11 is 0. The number of nitrogens with one attached hydrogen (secondary N) is 1. The second-order valence-electron chi connectivity index (χ2n) is 3.00. The molecule has 0 saturated carbocycles. The third-order valence-electron chi connectivity index (χ3n) is 1.89. The topological polar surface area (TPSA) is 75.7 Å². The normalized spacial score (nSPS) is 11.5. The van der Waals surface area contributed by atoms with Gasteiger partial charge >= 0.3 is 0 Å². The van der Waals surface area contributed by atoms with Crippen LogP contribution in [0.1, 0.15) is 5.82 Å². The van der Waals surface area contributed by atoms with Crippen LogP contribution in [0.4, 0.5) is 0 Å². The molecule has 2 rings (SSSR count). The van der Waals surface area contributed by atoms with Gasteiger partial charge in [-0.3, -0.25) is 5.10 Å². The lowest BCUT2D eigenvalue weighted by Gasteiger charge is -2.00. The molecular weight excluding hydrogens is 214 g/mol. The lowest BCUT2D eigenvalue weighted by molar-refractivity contribution is 0.594. The van der Waals surface area contributed by atoms with Crippen LogP contribution in [0.2, 0.25) is 0 Å². The second-order valence-corrected chi connectivity index (χ2v) is 4.99. The van der Waals surface area contributed by atoms with Crippen molar-refractivity contribution in [3.63, 3.8) is 0 Å². The smallest absolute Gasteiger partial charge is 0.185 e. The van der Waals surface area contributed by atoms with Gasteiger partial charge in [0.15, 0.2) is 9.84 Å². The van der Waals surface area contributed by atoms with Gasteiger partial charge in [-0.1, -0.05) is 18.2 Å². The number of hydrogen-bond acceptors (Lipinski definition) is 4. The zero-order chi connectivity index (χ0) is 10.7. The van der Waals surface area contributed by atoms with E-state index in [-0.39, 0.29) is 5.75 Å². The van der Waals surface area contributed by atoms with E-state index < -0.39 is 9.84 Å². The van der Waals surface area contributed by atoms with Crippen molar-refractivity contribution in [2.75, 3.05) is 0 Å². The summed E-state index contributed by atoms with van der Waals surface area (Å²) in [7, 11) is -3.32. The Morgan fingerprint density at radius 3 is 2.53 bits per heavy atom. The number of rotatable bonds is 3. The number of nitrogens with zero attached hydrogens (tertiary/aromatic N) is 2. The van der Waals surface area contributed by atoms with Crippen molar-refractivity contribution in [1.29, 1.82) is 0 Å². The molecule has 0 saturated heterocycles. The summed E-state index contributed by atoms with van der Waals surface area (Å²) in [5.74, 6) is 0.190. The number of benzene rings is 1. The third kappa shape index (κ3) is 2.21. The number of aromatic nitrogens is 3. The standard InChI is InChI=1S/C9H9N3O2S/c13-15(14,6-9-10-7-11-12-9)8-4-2-1-3-5-8/h1-5,7H,6H2,(H,10,11,12). The van der Waals surface area contributed by atoms with E-state index in [1.54, 1.807) is 30.3 Å². The van der Waals surface area contributed by atoms with Crippen molar-refractivity contribution in [3.05, 3.63) is 42.5 Å². The van der Waals surface area contributed by atoms with E-state index in [1.165, 1.54) is 6.33 Å². The van der Waals surface area contributed by atoms with E-state index in [4.69, 9.17) is 0 Å². The molecule has 0 aliphatic rings. The molecule has 1 N–H and O–H groups in total. The van der Waals surface area contributed by atoms with Crippen molar-refractivity contribution in [2.45, 2.75) is 10.6 Å². The first kappa shape index (κ1) is 9.85. The van der Waals surface area contributed by atoms with Gasteiger partial charge < -0.3 is 0 Å². The molecule has 0 spiro atoms. The van der Waals surface area contributed by atoms with Crippen LogP contribution < -0.4 is 0 Å². The zero-order valence-corrected chi connectivity index (χ0v) is 8.61. The zero-order valence-electron chi connectivity index (χ0n) is 7.79. The monoisotopic (exact) mass is 223 g/mol. The molecule has 6 heteroatoms. The average molecular weight is 223 g/mol. The predicted octanol–water partition coefficient (Wildman–Crippen LogP) is 0.779. The van der Waals surface area contributed by atoms with Crippen LogP contribution in [0, 0.1) is 0 Å². The summed E-state index contributed by atoms with van der Waals surface area (Å²) in [4.78, 5) is 4.07. The SMILES string of the molecule is O=S(=O)(Cc1ncn[nH]1)c1ccccc1. The summed E-state index contributed by atoms with van der Waals surface area (Å²) in [6.45, 7) is 0. The van der Waals surface area contributed by atoms with Crippen LogP contribution >= 0.6 is 0 Å². The molecular formula is C9H9N3O2S. The van der Waals surface area contributed by atoms with Gasteiger partial charge in [-0.15, -0.1) is 0 Å². The van der Waals surface area contributed by atoms with E-state index >= 15 is 0 Å². The van der Waals surface area contributed by atoms with Crippen molar-refractivity contribution in [3.8, 4) is 0 Å². The Labute approximate surface area is 87.1 Å². The summed E-state index contributed by atoms with van der Waals surface area (Å²) in [5.41, 5.74) is 0. The molecule has 1 heterocycles. The van der Waals surface area contributed by atoms with E-state index in [0.717, 1.165) is 0 Å². The van der Waals surface area contributed by atoms with Gasteiger partial charge in [0.2, 0.25) is 0 Å². The van der Waals surface area contributed by atoms with Crippen LogP contribution in [-0.4, -0.2) is 23.6 Å². The molecule has 5 nitrogen and oxygen atoms in total. The quantitative estimate of drug-likeness (QED) is 0.834. The van der Waals surface area contributed by atoms with Crippen molar-refractivity contribution < 1.29 is 8.42 Å². The third-order valence-corrected chi connectivity index (χ3v) is 3.54. The highest BCUT2D eigenvalue weighted by Crippen LogP contribution is 2.13. The maximum Gasteiger partial charge on any atom is 0.185 e. The van der Waals surface area contributed by atoms with Crippen molar-refractivity contribution in [2.24, 2.45) is 0 Å². The van der Waals surface area contributed by atoms with Crippen LogP contribution in [0.25, 0.3) is 0 Å². The van der Waals surface area contributed by atoms with Gasteiger partial charge in [-0.2, -0.15) is 5.10 Å². The summed E-state index contributed by atoms with van der Waals surface area (Å²) in [6.07, 6.45) is 1.29. The van der Waals surface area contributed by atoms with Crippen molar-refractivity contribution in [1.82, 2.24) is 15.2 Å². The Balaban J connectivity index is 2.29. The van der Waals surface area contributed by atoms with E-state index in [2.05, 4.69) is 15.2 Å². The number of hydrogen-bond donors (Lipinski definition) is 1. The van der Waals surface area contributed by atoms with E-state index in [0.29, 0.717) is 10.7 Å². The number of aromatic amines is 1. The van der Waals surface area contributed by atoms with Crippen LogP contribution in [-0.2, 0) is 15.6 Å². The lowest BCUT2D eigenvalue weighted by atomic mass is 10.4. The highest BCUT2D eigenvalue weighted by molar-refractivity contribution is 7.90. The average Bonchev–Trinajstić information content (AvgIpc) is 2.71. The van der Waals surface area contributed by atoms with Crippen LogP contribution in [0.3, 0.4) is 0 Å². The summed E-state index contributed by atoms with van der Waals surface area (Å²) in [6, 6.07) is 8.27. The minimum absolute atomic E-state index is 0.156. The Morgan fingerprint density at radius 1 is 1.20 bits per heavy atom. The van der Waals surface area contributed by atoms with Crippen molar-refractivity contribution >= 4 is 9.84 Å². The largest absolute Gasteiger partial charge is 0.262 e. The molecule has 0 aliphatic heterocycles. The van der Waals surface area contributed by atoms with E-state index in [9.17, 15) is 8.42 Å². The first-order chi connectivity index (χ1) is 7.18. The fourth-order valence-electron chi connectivity index (χ4n) is 1.19. The Bertz CT molecular complexity index is 520. The highest BCUT2D eigenvalue weighted by atomic mass is 32.2. The summed E-state index contributed by atoms with van der Waals surface area (Å²) < 4.78 is 23.6. The molecule has 0 unspecified atom stereocenters. The van der Waals surface area contributed by atoms with Gasteiger partial charge in [0.1, 0.15) is 17.9 Å². The maximum absolute atomic E-state index is 11.8. The number of sulfone groups is 1. The molecule has 0 amide bonds. The first-order valence-corrected chi connectivity index (χ1v) is 5.96.